The summed E-state index contributed by atoms with van der Waals surface area (Å²) >= 11 is 2.75. The average molecular weight is 579 g/mol. The first kappa shape index (κ1) is 28.1. The number of carbonyl (C=O) groups excluding carboxylic acids is 2. The van der Waals surface area contributed by atoms with Crippen LogP contribution >= 0.6 is 23.1 Å². The third kappa shape index (κ3) is 7.16. The largest absolute Gasteiger partial charge is 0.466 e. The maximum atomic E-state index is 13.2. The highest BCUT2D eigenvalue weighted by Gasteiger charge is 2.33. The number of Topliss-reactive ketones (excluding diaryl/α,β-unsaturated/α-hetero) is 1. The van der Waals surface area contributed by atoms with Crippen molar-refractivity contribution in [1.82, 2.24) is 14.5 Å². The van der Waals surface area contributed by atoms with Gasteiger partial charge >= 0.3 is 5.97 Å². The summed E-state index contributed by atoms with van der Waals surface area (Å²) in [6, 6.07) is 12.2. The fraction of sp³-hybridized carbons (Fsp3) is 0.360. The SMILES string of the molecule is CCOC(=O)C1CCN(S(=O)(=O)c2cccc(C(=O)CNc3nnc(SCc4ccc(F)cc4)s3)c2)CC1. The van der Waals surface area contributed by atoms with Crippen molar-refractivity contribution in [3.8, 4) is 0 Å². The molecule has 0 amide bonds. The predicted octanol–water partition coefficient (Wildman–Crippen LogP) is 4.23. The summed E-state index contributed by atoms with van der Waals surface area (Å²) in [5, 5.41) is 11.6. The molecule has 2 aromatic carbocycles. The summed E-state index contributed by atoms with van der Waals surface area (Å²) in [6.45, 7) is 2.38. The van der Waals surface area contributed by atoms with Gasteiger partial charge in [0.2, 0.25) is 15.2 Å². The molecule has 1 fully saturated rings. The number of thioether (sulfide) groups is 1. The van der Waals surface area contributed by atoms with Crippen molar-refractivity contribution >= 4 is 50.0 Å². The number of halogens is 1. The monoisotopic (exact) mass is 578 g/mol. The summed E-state index contributed by atoms with van der Waals surface area (Å²) in [7, 11) is -3.81. The Kier molecular flexibility index (Phi) is 9.47. The van der Waals surface area contributed by atoms with Crippen LogP contribution in [-0.2, 0) is 25.3 Å². The van der Waals surface area contributed by atoms with E-state index in [2.05, 4.69) is 15.5 Å². The fourth-order valence-electron chi connectivity index (χ4n) is 3.89. The van der Waals surface area contributed by atoms with Gasteiger partial charge in [-0.25, -0.2) is 12.8 Å². The minimum absolute atomic E-state index is 0.0355. The van der Waals surface area contributed by atoms with Crippen LogP contribution in [0.3, 0.4) is 0 Å². The Labute approximate surface area is 228 Å². The van der Waals surface area contributed by atoms with Crippen LogP contribution in [0, 0.1) is 11.7 Å². The third-order valence-electron chi connectivity index (χ3n) is 5.95. The number of ketones is 1. The van der Waals surface area contributed by atoms with Crippen molar-refractivity contribution < 1.29 is 27.1 Å². The summed E-state index contributed by atoms with van der Waals surface area (Å²) in [5.41, 5.74) is 1.21. The summed E-state index contributed by atoms with van der Waals surface area (Å²) in [6.07, 6.45) is 0.791. The number of rotatable bonds is 11. The molecule has 2 heterocycles. The number of esters is 1. The number of nitrogens with zero attached hydrogens (tertiary/aromatic N) is 3. The molecule has 9 nitrogen and oxygen atoms in total. The number of sulfonamides is 1. The first-order valence-electron chi connectivity index (χ1n) is 12.0. The van der Waals surface area contributed by atoms with Crippen LogP contribution in [0.5, 0.6) is 0 Å². The first-order valence-corrected chi connectivity index (χ1v) is 15.2. The zero-order chi connectivity index (χ0) is 27.1. The molecule has 0 saturated carbocycles. The summed E-state index contributed by atoms with van der Waals surface area (Å²) in [4.78, 5) is 24.8. The second-order valence-corrected chi connectivity index (χ2v) is 12.7. The highest BCUT2D eigenvalue weighted by molar-refractivity contribution is 8.00. The van der Waals surface area contributed by atoms with Crippen LogP contribution in [-0.4, -0.2) is 60.9 Å². The zero-order valence-electron chi connectivity index (χ0n) is 20.6. The molecule has 1 aromatic heterocycles. The lowest BCUT2D eigenvalue weighted by atomic mass is 9.98. The van der Waals surface area contributed by atoms with Crippen molar-refractivity contribution in [2.75, 3.05) is 31.6 Å². The number of hydrogen-bond acceptors (Lipinski definition) is 10. The van der Waals surface area contributed by atoms with Crippen molar-refractivity contribution in [2.24, 2.45) is 5.92 Å². The maximum Gasteiger partial charge on any atom is 0.309 e. The van der Waals surface area contributed by atoms with Crippen molar-refractivity contribution in [1.29, 1.82) is 0 Å². The molecule has 1 N–H and O–H groups in total. The quantitative estimate of drug-likeness (QED) is 0.203. The van der Waals surface area contributed by atoms with Crippen LogP contribution in [0.25, 0.3) is 0 Å². The second kappa shape index (κ2) is 12.8. The Morgan fingerprint density at radius 2 is 1.89 bits per heavy atom. The van der Waals surface area contributed by atoms with Gasteiger partial charge in [0.05, 0.1) is 24.0 Å². The topological polar surface area (TPSA) is 119 Å². The molecule has 13 heteroatoms. The smallest absolute Gasteiger partial charge is 0.309 e. The zero-order valence-corrected chi connectivity index (χ0v) is 23.1. The molecule has 0 spiro atoms. The Balaban J connectivity index is 1.31. The number of nitrogens with one attached hydrogen (secondary N) is 1. The minimum atomic E-state index is -3.81. The number of hydrogen-bond donors (Lipinski definition) is 1. The Bertz CT molecular complexity index is 1370. The number of aromatic nitrogens is 2. The van der Waals surface area contributed by atoms with Crippen LogP contribution in [0.4, 0.5) is 9.52 Å². The molecule has 4 rings (SSSR count). The van der Waals surface area contributed by atoms with E-state index in [-0.39, 0.29) is 53.6 Å². The van der Waals surface area contributed by atoms with E-state index in [0.717, 1.165) is 5.56 Å². The van der Waals surface area contributed by atoms with Gasteiger partial charge in [-0.2, -0.15) is 4.31 Å². The molecule has 1 saturated heterocycles. The molecule has 0 unspecified atom stereocenters. The predicted molar refractivity (Wildman–Crippen MR) is 143 cm³/mol. The summed E-state index contributed by atoms with van der Waals surface area (Å²) < 4.78 is 46.5. The van der Waals surface area contributed by atoms with E-state index in [1.165, 1.54) is 51.7 Å². The van der Waals surface area contributed by atoms with Crippen LogP contribution < -0.4 is 5.32 Å². The summed E-state index contributed by atoms with van der Waals surface area (Å²) in [5.74, 6) is -0.570. The van der Waals surface area contributed by atoms with Gasteiger partial charge in [-0.15, -0.1) is 10.2 Å². The van der Waals surface area contributed by atoms with Gasteiger partial charge in [0, 0.05) is 24.4 Å². The lowest BCUT2D eigenvalue weighted by molar-refractivity contribution is -0.149. The molecule has 1 aliphatic rings. The van der Waals surface area contributed by atoms with Gasteiger partial charge in [0.1, 0.15) is 5.82 Å². The number of anilines is 1. The fourth-order valence-corrected chi connectivity index (χ4v) is 7.11. The van der Waals surface area contributed by atoms with Crippen molar-refractivity contribution in [3.63, 3.8) is 0 Å². The second-order valence-electron chi connectivity index (χ2n) is 8.52. The Morgan fingerprint density at radius 1 is 1.16 bits per heavy atom. The number of ether oxygens (including phenoxy) is 1. The highest BCUT2D eigenvalue weighted by atomic mass is 32.2. The van der Waals surface area contributed by atoms with E-state index in [0.29, 0.717) is 34.7 Å². The van der Waals surface area contributed by atoms with Gasteiger partial charge in [0.15, 0.2) is 10.1 Å². The molecular formula is C25H27FN4O5S3. The van der Waals surface area contributed by atoms with E-state index in [1.54, 1.807) is 31.2 Å². The molecule has 0 bridgehead atoms. The number of piperidine rings is 1. The lowest BCUT2D eigenvalue weighted by Gasteiger charge is -2.30. The van der Waals surface area contributed by atoms with Gasteiger partial charge in [-0.1, -0.05) is 47.4 Å². The van der Waals surface area contributed by atoms with Gasteiger partial charge < -0.3 is 10.1 Å². The van der Waals surface area contributed by atoms with Gasteiger partial charge in [-0.3, -0.25) is 9.59 Å². The number of carbonyl (C=O) groups is 2. The highest BCUT2D eigenvalue weighted by Crippen LogP contribution is 2.29. The van der Waals surface area contributed by atoms with E-state index < -0.39 is 10.0 Å². The molecule has 38 heavy (non-hydrogen) atoms. The van der Waals surface area contributed by atoms with Crippen molar-refractivity contribution in [2.45, 2.75) is 34.8 Å². The lowest BCUT2D eigenvalue weighted by Crippen LogP contribution is -2.40. The van der Waals surface area contributed by atoms with Crippen LogP contribution in [0.1, 0.15) is 35.7 Å². The van der Waals surface area contributed by atoms with E-state index >= 15 is 0 Å². The van der Waals surface area contributed by atoms with Crippen LogP contribution in [0.2, 0.25) is 0 Å². The van der Waals surface area contributed by atoms with Crippen LogP contribution in [0.15, 0.2) is 57.8 Å². The van der Waals surface area contributed by atoms with E-state index in [9.17, 15) is 22.4 Å². The molecule has 0 radical (unpaired) electrons. The van der Waals surface area contributed by atoms with E-state index in [4.69, 9.17) is 4.74 Å². The maximum absolute atomic E-state index is 13.2. The molecule has 1 aliphatic heterocycles. The molecule has 202 valence electrons. The van der Waals surface area contributed by atoms with Gasteiger partial charge in [0.25, 0.3) is 0 Å². The normalized spacial score (nSPS) is 14.8. The molecule has 0 atom stereocenters. The Morgan fingerprint density at radius 3 is 2.61 bits per heavy atom. The molecule has 0 aliphatic carbocycles. The van der Waals surface area contributed by atoms with E-state index in [1.807, 2.05) is 0 Å². The van der Waals surface area contributed by atoms with Crippen molar-refractivity contribution in [3.05, 3.63) is 65.5 Å². The Hall–Kier alpha value is -2.87. The van der Waals surface area contributed by atoms with Gasteiger partial charge in [-0.05, 0) is 49.6 Å². The minimum Gasteiger partial charge on any atom is -0.466 e. The molecular weight excluding hydrogens is 551 g/mol. The average Bonchev–Trinajstić information content (AvgIpc) is 3.39. The third-order valence-corrected chi connectivity index (χ3v) is 9.93. The molecule has 3 aromatic rings. The number of benzene rings is 2. The first-order chi connectivity index (χ1) is 18.3. The standard InChI is InChI=1S/C25H27FN4O5S3/c1-2-35-23(32)18-10-12-30(13-11-18)38(33,34)21-5-3-4-19(14-21)22(31)15-27-24-28-29-25(37-24)36-16-17-6-8-20(26)9-7-17/h3-9,14,18H,2,10-13,15-16H2,1H3,(H,27,28).